The number of nitrogens with zero attached hydrogens (tertiary/aromatic N) is 1. The van der Waals surface area contributed by atoms with Gasteiger partial charge in [-0.25, -0.2) is 4.79 Å². The van der Waals surface area contributed by atoms with Crippen LogP contribution in [-0.4, -0.2) is 23.8 Å². The highest BCUT2D eigenvalue weighted by molar-refractivity contribution is 6.05. The summed E-state index contributed by atoms with van der Waals surface area (Å²) in [6.07, 6.45) is 1.94. The second kappa shape index (κ2) is 8.24. The highest BCUT2D eigenvalue weighted by atomic mass is 16.5. The third kappa shape index (κ3) is 3.59. The number of aryl methyl sites for hydroxylation is 1. The molecule has 0 atom stereocenters. The average molecular weight is 391 g/mol. The van der Waals surface area contributed by atoms with Crippen LogP contribution in [0.1, 0.15) is 72.6 Å². The van der Waals surface area contributed by atoms with Gasteiger partial charge in [0.25, 0.3) is 0 Å². The fraction of sp³-hybridized carbons (Fsp3) is 0.360. The minimum absolute atomic E-state index is 0.329. The molecule has 4 nitrogen and oxygen atoms in total. The number of hydrogen-bond donors (Lipinski definition) is 1. The molecule has 152 valence electrons. The smallest absolute Gasteiger partial charge is 0.337 e. The highest BCUT2D eigenvalue weighted by Crippen LogP contribution is 2.38. The van der Waals surface area contributed by atoms with Crippen LogP contribution in [0.3, 0.4) is 0 Å². The first-order valence-corrected chi connectivity index (χ1v) is 10.2. The van der Waals surface area contributed by atoms with Gasteiger partial charge < -0.3 is 9.72 Å². The van der Waals surface area contributed by atoms with Gasteiger partial charge in [-0.3, -0.25) is 4.99 Å². The number of aromatic amines is 1. The number of benzene rings is 1. The molecule has 0 saturated carbocycles. The van der Waals surface area contributed by atoms with Gasteiger partial charge in [0.05, 0.1) is 24.1 Å². The summed E-state index contributed by atoms with van der Waals surface area (Å²) in [6.45, 7) is 12.9. The summed E-state index contributed by atoms with van der Waals surface area (Å²) in [7, 11) is 1.40. The molecule has 1 aromatic carbocycles. The van der Waals surface area contributed by atoms with E-state index in [9.17, 15) is 4.79 Å². The number of hydrogen-bond acceptors (Lipinski definition) is 3. The monoisotopic (exact) mass is 390 g/mol. The van der Waals surface area contributed by atoms with Crippen molar-refractivity contribution in [1.29, 1.82) is 0 Å². The first kappa shape index (κ1) is 20.8. The number of nitrogens with one attached hydrogen (secondary N) is 1. The molecule has 1 N–H and O–H groups in total. The van der Waals surface area contributed by atoms with Crippen LogP contribution in [-0.2, 0) is 11.2 Å². The summed E-state index contributed by atoms with van der Waals surface area (Å²) < 4.78 is 4.85. The molecule has 0 amide bonds. The van der Waals surface area contributed by atoms with Crippen LogP contribution in [0.4, 0.5) is 0 Å². The van der Waals surface area contributed by atoms with Gasteiger partial charge in [-0.1, -0.05) is 26.0 Å². The van der Waals surface area contributed by atoms with Crippen molar-refractivity contribution in [1.82, 2.24) is 4.98 Å². The Morgan fingerprint density at radius 3 is 2.10 bits per heavy atom. The van der Waals surface area contributed by atoms with Crippen LogP contribution in [0.5, 0.6) is 0 Å². The van der Waals surface area contributed by atoms with Crippen LogP contribution in [0.25, 0.3) is 5.57 Å². The summed E-state index contributed by atoms with van der Waals surface area (Å²) >= 11 is 0. The van der Waals surface area contributed by atoms with Crippen LogP contribution in [0, 0.1) is 13.8 Å². The van der Waals surface area contributed by atoms with Crippen molar-refractivity contribution >= 4 is 17.3 Å². The first-order chi connectivity index (χ1) is 13.8. The van der Waals surface area contributed by atoms with E-state index >= 15 is 0 Å². The molecule has 1 aliphatic rings. The molecule has 0 spiro atoms. The van der Waals surface area contributed by atoms with E-state index in [-0.39, 0.29) is 5.97 Å². The molecule has 29 heavy (non-hydrogen) atoms. The van der Waals surface area contributed by atoms with E-state index in [2.05, 4.69) is 46.5 Å². The van der Waals surface area contributed by atoms with Gasteiger partial charge in [-0.2, -0.15) is 0 Å². The number of allylic oxidation sites excluding steroid dienone is 2. The van der Waals surface area contributed by atoms with Gasteiger partial charge in [0, 0.05) is 17.0 Å². The van der Waals surface area contributed by atoms with Crippen molar-refractivity contribution in [2.24, 2.45) is 4.99 Å². The van der Waals surface area contributed by atoms with Crippen molar-refractivity contribution in [3.05, 3.63) is 74.8 Å². The number of esters is 1. The number of aliphatic imine (C=N–C) groups is 1. The standard InChI is InChI=1S/C25H30N2O2/c1-8-20-14(3)23(26-16(20)5)22(24-15(4)21(9-2)17(6)27-24)18-10-12-19(13-11-18)25(28)29-7/h10-13,26H,8-9H2,1-7H3/b24-22-. The summed E-state index contributed by atoms with van der Waals surface area (Å²) in [6, 6.07) is 7.60. The number of methoxy groups -OCH3 is 1. The van der Waals surface area contributed by atoms with Gasteiger partial charge in [0.15, 0.2) is 0 Å². The molecule has 0 unspecified atom stereocenters. The maximum absolute atomic E-state index is 11.9. The second-order valence-electron chi connectivity index (χ2n) is 7.53. The van der Waals surface area contributed by atoms with Gasteiger partial charge in [0.1, 0.15) is 0 Å². The Kier molecular flexibility index (Phi) is 5.92. The fourth-order valence-corrected chi connectivity index (χ4v) is 4.36. The molecule has 0 bridgehead atoms. The largest absolute Gasteiger partial charge is 0.465 e. The van der Waals surface area contributed by atoms with Gasteiger partial charge in [-0.05, 0) is 80.5 Å². The number of carbonyl (C=O) groups is 1. The molecule has 0 radical (unpaired) electrons. The quantitative estimate of drug-likeness (QED) is 0.642. The van der Waals surface area contributed by atoms with Crippen LogP contribution >= 0.6 is 0 Å². The van der Waals surface area contributed by atoms with Gasteiger partial charge >= 0.3 is 5.97 Å². The molecule has 2 heterocycles. The van der Waals surface area contributed by atoms with Crippen molar-refractivity contribution < 1.29 is 9.53 Å². The lowest BCUT2D eigenvalue weighted by molar-refractivity contribution is 0.0600. The fourth-order valence-electron chi connectivity index (χ4n) is 4.36. The molecule has 2 aromatic rings. The molecule has 3 rings (SSSR count). The maximum Gasteiger partial charge on any atom is 0.337 e. The summed E-state index contributed by atoms with van der Waals surface area (Å²) in [5.41, 5.74) is 12.2. The lowest BCUT2D eigenvalue weighted by Gasteiger charge is -2.13. The van der Waals surface area contributed by atoms with Gasteiger partial charge in [0.2, 0.25) is 0 Å². The molecule has 1 aromatic heterocycles. The zero-order valence-electron chi connectivity index (χ0n) is 18.5. The zero-order chi connectivity index (χ0) is 21.3. The minimum atomic E-state index is -0.329. The average Bonchev–Trinajstić information content (AvgIpc) is 3.16. The van der Waals surface area contributed by atoms with E-state index in [4.69, 9.17) is 9.73 Å². The van der Waals surface area contributed by atoms with Crippen molar-refractivity contribution in [2.75, 3.05) is 7.11 Å². The molecule has 4 heteroatoms. The van der Waals surface area contributed by atoms with E-state index in [1.54, 1.807) is 0 Å². The predicted molar refractivity (Wildman–Crippen MR) is 120 cm³/mol. The van der Waals surface area contributed by atoms with Crippen LogP contribution < -0.4 is 0 Å². The SMILES string of the molecule is CCC1=C(C)/C(=C(\c2ccc(C(=O)OC)cc2)c2[nH]c(C)c(CC)c2C)N=C1C. The van der Waals surface area contributed by atoms with E-state index in [1.165, 1.54) is 35.1 Å². The molecule has 0 aliphatic carbocycles. The van der Waals surface area contributed by atoms with Crippen LogP contribution in [0.15, 0.2) is 46.1 Å². The Balaban J connectivity index is 2.29. The first-order valence-electron chi connectivity index (χ1n) is 10.2. The van der Waals surface area contributed by atoms with Gasteiger partial charge in [-0.15, -0.1) is 0 Å². The summed E-state index contributed by atoms with van der Waals surface area (Å²) in [4.78, 5) is 20.4. The van der Waals surface area contributed by atoms with Crippen LogP contribution in [0.2, 0.25) is 0 Å². The number of ether oxygens (including phenoxy) is 1. The zero-order valence-corrected chi connectivity index (χ0v) is 18.5. The van der Waals surface area contributed by atoms with E-state index in [0.717, 1.165) is 41.1 Å². The van der Waals surface area contributed by atoms with E-state index in [1.807, 2.05) is 24.3 Å². The molecule has 0 saturated heterocycles. The Bertz CT molecular complexity index is 1050. The predicted octanol–water partition coefficient (Wildman–Crippen LogP) is 5.94. The Hall–Kier alpha value is -2.88. The molecular formula is C25H30N2O2. The Morgan fingerprint density at radius 1 is 1.00 bits per heavy atom. The third-order valence-corrected chi connectivity index (χ3v) is 5.91. The third-order valence-electron chi connectivity index (χ3n) is 5.91. The minimum Gasteiger partial charge on any atom is -0.465 e. The highest BCUT2D eigenvalue weighted by Gasteiger charge is 2.24. The second-order valence-corrected chi connectivity index (χ2v) is 7.53. The lowest BCUT2D eigenvalue weighted by Crippen LogP contribution is -2.02. The topological polar surface area (TPSA) is 54.5 Å². The van der Waals surface area contributed by atoms with Crippen molar-refractivity contribution in [3.63, 3.8) is 0 Å². The molecule has 1 aliphatic heterocycles. The lowest BCUT2D eigenvalue weighted by atomic mass is 9.93. The normalized spacial score (nSPS) is 15.6. The number of aromatic nitrogens is 1. The number of rotatable bonds is 5. The van der Waals surface area contributed by atoms with Crippen molar-refractivity contribution in [3.8, 4) is 0 Å². The van der Waals surface area contributed by atoms with E-state index in [0.29, 0.717) is 5.56 Å². The number of carbonyl (C=O) groups excluding carboxylic acids is 1. The maximum atomic E-state index is 11.9. The Morgan fingerprint density at radius 2 is 1.62 bits per heavy atom. The van der Waals surface area contributed by atoms with E-state index < -0.39 is 0 Å². The van der Waals surface area contributed by atoms with Crippen molar-refractivity contribution in [2.45, 2.75) is 54.4 Å². The molecular weight excluding hydrogens is 360 g/mol. The molecule has 0 fully saturated rings. The number of H-pyrrole nitrogens is 1. The summed E-state index contributed by atoms with van der Waals surface area (Å²) in [5, 5.41) is 0. The summed E-state index contributed by atoms with van der Waals surface area (Å²) in [5.74, 6) is -0.329. The Labute approximate surface area is 173 Å².